The molecule has 1 atom stereocenters. The zero-order chi connectivity index (χ0) is 17.9. The van der Waals surface area contributed by atoms with Crippen LogP contribution >= 0.6 is 23.2 Å². The van der Waals surface area contributed by atoms with Crippen LogP contribution in [0.1, 0.15) is 42.6 Å². The average Bonchev–Trinajstić information content (AvgIpc) is 2.52. The van der Waals surface area contributed by atoms with Crippen molar-refractivity contribution in [1.29, 1.82) is 0 Å². The van der Waals surface area contributed by atoms with E-state index in [9.17, 15) is 14.6 Å². The Bertz CT molecular complexity index is 655. The number of amides is 1. The third-order valence-corrected chi connectivity index (χ3v) is 4.42. The molecule has 0 fully saturated rings. The minimum absolute atomic E-state index is 0.0960. The molecule has 1 aliphatic rings. The maximum atomic E-state index is 12.1. The SMILES string of the molecule is CCCC(=O)N[C@H]1Cc2c(Cl)c(Cl)cc(C(=O)OCC)c2OB1O. The number of rotatable bonds is 5. The van der Waals surface area contributed by atoms with E-state index < -0.39 is 19.0 Å². The van der Waals surface area contributed by atoms with Crippen LogP contribution in [-0.2, 0) is 16.0 Å². The number of carbonyl (C=O) groups excluding carboxylic acids is 2. The normalized spacial score (nSPS) is 16.2. The van der Waals surface area contributed by atoms with Crippen molar-refractivity contribution in [2.45, 2.75) is 39.1 Å². The summed E-state index contributed by atoms with van der Waals surface area (Å²) in [5.41, 5.74) is 0.554. The minimum Gasteiger partial charge on any atom is -0.534 e. The summed E-state index contributed by atoms with van der Waals surface area (Å²) in [6.45, 7) is 3.74. The Hall–Kier alpha value is -1.44. The molecule has 1 aromatic rings. The molecule has 2 N–H and O–H groups in total. The molecule has 0 saturated carbocycles. The molecular weight excluding hydrogens is 356 g/mol. The van der Waals surface area contributed by atoms with Crippen LogP contribution in [0, 0.1) is 0 Å². The first-order valence-electron chi connectivity index (χ1n) is 7.71. The number of halogens is 2. The van der Waals surface area contributed by atoms with Gasteiger partial charge in [0.2, 0.25) is 5.91 Å². The second-order valence-corrected chi connectivity index (χ2v) is 6.17. The summed E-state index contributed by atoms with van der Waals surface area (Å²) in [6, 6.07) is 1.35. The molecule has 0 radical (unpaired) electrons. The zero-order valence-electron chi connectivity index (χ0n) is 13.4. The van der Waals surface area contributed by atoms with Crippen LogP contribution < -0.4 is 9.97 Å². The van der Waals surface area contributed by atoms with Crippen molar-refractivity contribution in [2.75, 3.05) is 6.61 Å². The predicted molar refractivity (Wildman–Crippen MR) is 91.6 cm³/mol. The largest absolute Gasteiger partial charge is 0.547 e. The number of carbonyl (C=O) groups is 2. The molecule has 1 aliphatic heterocycles. The van der Waals surface area contributed by atoms with E-state index in [1.54, 1.807) is 6.92 Å². The highest BCUT2D eigenvalue weighted by Crippen LogP contribution is 2.40. The van der Waals surface area contributed by atoms with Gasteiger partial charge in [-0.15, -0.1) is 0 Å². The number of nitrogens with one attached hydrogen (secondary N) is 1. The van der Waals surface area contributed by atoms with Crippen molar-refractivity contribution in [2.24, 2.45) is 0 Å². The van der Waals surface area contributed by atoms with Gasteiger partial charge in [-0.25, -0.2) is 4.79 Å². The van der Waals surface area contributed by atoms with Crippen LogP contribution in [0.5, 0.6) is 5.75 Å². The van der Waals surface area contributed by atoms with Crippen LogP contribution in [0.4, 0.5) is 0 Å². The van der Waals surface area contributed by atoms with Crippen molar-refractivity contribution in [1.82, 2.24) is 5.32 Å². The summed E-state index contributed by atoms with van der Waals surface area (Å²) in [5.74, 6) is -1.36. The van der Waals surface area contributed by atoms with Gasteiger partial charge in [0, 0.05) is 12.0 Å². The van der Waals surface area contributed by atoms with E-state index in [-0.39, 0.29) is 40.3 Å². The first-order valence-corrected chi connectivity index (χ1v) is 8.46. The fraction of sp³-hybridized carbons (Fsp3) is 0.467. The van der Waals surface area contributed by atoms with Crippen molar-refractivity contribution < 1.29 is 24.0 Å². The summed E-state index contributed by atoms with van der Waals surface area (Å²) >= 11 is 12.3. The second-order valence-electron chi connectivity index (χ2n) is 5.38. The van der Waals surface area contributed by atoms with Crippen molar-refractivity contribution >= 4 is 42.2 Å². The molecule has 0 aromatic heterocycles. The van der Waals surface area contributed by atoms with Crippen molar-refractivity contribution in [3.8, 4) is 5.75 Å². The minimum atomic E-state index is -1.30. The van der Waals surface area contributed by atoms with Gasteiger partial charge in [-0.1, -0.05) is 30.1 Å². The summed E-state index contributed by atoms with van der Waals surface area (Å²) in [6.07, 6.45) is 1.22. The maximum absolute atomic E-state index is 12.1. The van der Waals surface area contributed by atoms with E-state index >= 15 is 0 Å². The van der Waals surface area contributed by atoms with E-state index in [1.165, 1.54) is 6.07 Å². The maximum Gasteiger partial charge on any atom is 0.547 e. The van der Waals surface area contributed by atoms with Crippen LogP contribution in [-0.4, -0.2) is 36.6 Å². The molecule has 0 unspecified atom stereocenters. The molecule has 24 heavy (non-hydrogen) atoms. The van der Waals surface area contributed by atoms with Crippen LogP contribution in [0.15, 0.2) is 6.07 Å². The Balaban J connectivity index is 2.36. The van der Waals surface area contributed by atoms with Gasteiger partial charge >= 0.3 is 13.1 Å². The Morgan fingerprint density at radius 1 is 1.46 bits per heavy atom. The van der Waals surface area contributed by atoms with Gasteiger partial charge in [0.15, 0.2) is 0 Å². The van der Waals surface area contributed by atoms with E-state index in [4.69, 9.17) is 32.6 Å². The van der Waals surface area contributed by atoms with Gasteiger partial charge in [-0.05, 0) is 25.8 Å². The Morgan fingerprint density at radius 3 is 2.79 bits per heavy atom. The Kier molecular flexibility index (Phi) is 6.37. The standard InChI is InChI=1S/C15H18BCl2NO5/c1-3-5-12(20)19-11-7-8-13(18)10(17)6-9(15(21)23-4-2)14(8)24-16(11)22/h6,11,22H,3-5,7H2,1-2H3,(H,19,20)/t11-/m0/s1. The third-order valence-electron chi connectivity index (χ3n) is 3.59. The molecular formula is C15H18BCl2NO5. The summed E-state index contributed by atoms with van der Waals surface area (Å²) in [4.78, 5) is 23.8. The number of ether oxygens (including phenoxy) is 1. The lowest BCUT2D eigenvalue weighted by atomic mass is 9.72. The highest BCUT2D eigenvalue weighted by atomic mass is 35.5. The number of hydrogen-bond donors (Lipinski definition) is 2. The third kappa shape index (κ3) is 3.96. The first-order chi connectivity index (χ1) is 11.4. The number of fused-ring (bicyclic) bond motifs is 1. The summed E-state index contributed by atoms with van der Waals surface area (Å²) in [7, 11) is -1.30. The van der Waals surface area contributed by atoms with Gasteiger partial charge in [-0.2, -0.15) is 0 Å². The molecule has 2 rings (SSSR count). The number of esters is 1. The average molecular weight is 374 g/mol. The van der Waals surface area contributed by atoms with Gasteiger partial charge in [0.05, 0.1) is 22.6 Å². The molecule has 130 valence electrons. The van der Waals surface area contributed by atoms with Crippen LogP contribution in [0.2, 0.25) is 10.0 Å². The lowest BCUT2D eigenvalue weighted by Crippen LogP contribution is -2.53. The monoisotopic (exact) mass is 373 g/mol. The van der Waals surface area contributed by atoms with Gasteiger partial charge in [-0.3, -0.25) is 4.79 Å². The predicted octanol–water partition coefficient (Wildman–Crippen LogP) is 2.41. The summed E-state index contributed by atoms with van der Waals surface area (Å²) in [5, 5.41) is 13.3. The molecule has 0 aliphatic carbocycles. The highest BCUT2D eigenvalue weighted by Gasteiger charge is 2.39. The van der Waals surface area contributed by atoms with E-state index in [0.717, 1.165) is 0 Å². The summed E-state index contributed by atoms with van der Waals surface area (Å²) < 4.78 is 10.4. The molecule has 1 amide bonds. The zero-order valence-corrected chi connectivity index (χ0v) is 14.9. The fourth-order valence-corrected chi connectivity index (χ4v) is 2.93. The lowest BCUT2D eigenvalue weighted by molar-refractivity contribution is -0.121. The van der Waals surface area contributed by atoms with Gasteiger partial charge in [0.25, 0.3) is 0 Å². The fourth-order valence-electron chi connectivity index (χ4n) is 2.49. The number of benzene rings is 1. The molecule has 0 saturated heterocycles. The lowest BCUT2D eigenvalue weighted by Gasteiger charge is -2.30. The van der Waals surface area contributed by atoms with E-state index in [1.807, 2.05) is 6.92 Å². The highest BCUT2D eigenvalue weighted by molar-refractivity contribution is 6.48. The van der Waals surface area contributed by atoms with Crippen LogP contribution in [0.3, 0.4) is 0 Å². The molecule has 6 nitrogen and oxygen atoms in total. The smallest absolute Gasteiger partial charge is 0.534 e. The van der Waals surface area contributed by atoms with E-state index in [2.05, 4.69) is 5.32 Å². The molecule has 0 spiro atoms. The first kappa shape index (κ1) is 18.9. The van der Waals surface area contributed by atoms with Gasteiger partial charge in [0.1, 0.15) is 11.3 Å². The van der Waals surface area contributed by atoms with Crippen LogP contribution in [0.25, 0.3) is 0 Å². The van der Waals surface area contributed by atoms with Crippen molar-refractivity contribution in [3.05, 3.63) is 27.2 Å². The molecule has 0 bridgehead atoms. The Labute approximate surface area is 150 Å². The van der Waals surface area contributed by atoms with E-state index in [0.29, 0.717) is 18.4 Å². The topological polar surface area (TPSA) is 84.9 Å². The molecule has 1 aromatic carbocycles. The molecule has 1 heterocycles. The van der Waals surface area contributed by atoms with Gasteiger partial charge < -0.3 is 19.7 Å². The second kappa shape index (κ2) is 8.10. The number of hydrogen-bond acceptors (Lipinski definition) is 5. The quantitative estimate of drug-likeness (QED) is 0.611. The van der Waals surface area contributed by atoms with Crippen molar-refractivity contribution in [3.63, 3.8) is 0 Å². The molecule has 9 heteroatoms. The Morgan fingerprint density at radius 2 is 2.17 bits per heavy atom.